The van der Waals surface area contributed by atoms with Gasteiger partial charge in [0.2, 0.25) is 0 Å². The topological polar surface area (TPSA) is 12.0 Å². The summed E-state index contributed by atoms with van der Waals surface area (Å²) in [4.78, 5) is 0. The molecule has 1 nitrogen and oxygen atoms in total. The highest BCUT2D eigenvalue weighted by Crippen LogP contribution is 2.37. The molecule has 0 radical (unpaired) electrons. The molecular weight excluding hydrogens is 225 g/mol. The molecule has 3 unspecified atom stereocenters. The lowest BCUT2D eigenvalue weighted by atomic mass is 9.76. The Morgan fingerprint density at radius 3 is 2.78 bits per heavy atom. The average Bonchev–Trinajstić information content (AvgIpc) is 2.35. The maximum atomic E-state index is 14.3. The lowest BCUT2D eigenvalue weighted by Gasteiger charge is -2.33. The largest absolute Gasteiger partial charge is 0.313 e. The predicted octanol–water partition coefficient (Wildman–Crippen LogP) is 4.22. The van der Waals surface area contributed by atoms with Gasteiger partial charge in [0.05, 0.1) is 0 Å². The number of rotatable bonds is 3. The predicted molar refractivity (Wildman–Crippen MR) is 74.1 cm³/mol. The molecule has 3 atom stereocenters. The van der Waals surface area contributed by atoms with Crippen LogP contribution in [0.1, 0.15) is 49.8 Å². The molecule has 1 aromatic carbocycles. The molecule has 0 aliphatic heterocycles. The van der Waals surface area contributed by atoms with Crippen molar-refractivity contribution in [2.45, 2.75) is 45.6 Å². The highest BCUT2D eigenvalue weighted by molar-refractivity contribution is 5.28. The molecule has 1 aliphatic rings. The van der Waals surface area contributed by atoms with E-state index in [1.165, 1.54) is 25.7 Å². The Bertz CT molecular complexity index is 402. The Hall–Kier alpha value is -0.890. The van der Waals surface area contributed by atoms with Crippen LogP contribution in [0.3, 0.4) is 0 Å². The van der Waals surface area contributed by atoms with Gasteiger partial charge in [-0.1, -0.05) is 38.0 Å². The summed E-state index contributed by atoms with van der Waals surface area (Å²) in [5.74, 6) is 1.30. The minimum atomic E-state index is -0.0323. The van der Waals surface area contributed by atoms with Gasteiger partial charge in [-0.15, -0.1) is 0 Å². The van der Waals surface area contributed by atoms with E-state index in [4.69, 9.17) is 0 Å². The van der Waals surface area contributed by atoms with E-state index in [2.05, 4.69) is 12.2 Å². The first-order valence-corrected chi connectivity index (χ1v) is 7.05. The van der Waals surface area contributed by atoms with Crippen LogP contribution in [-0.2, 0) is 0 Å². The third kappa shape index (κ3) is 2.74. The zero-order valence-corrected chi connectivity index (χ0v) is 11.7. The number of aryl methyl sites for hydroxylation is 1. The van der Waals surface area contributed by atoms with Crippen LogP contribution in [0.25, 0.3) is 0 Å². The van der Waals surface area contributed by atoms with E-state index in [-0.39, 0.29) is 11.9 Å². The third-order valence-corrected chi connectivity index (χ3v) is 4.32. The first-order valence-electron chi connectivity index (χ1n) is 7.05. The van der Waals surface area contributed by atoms with Crippen molar-refractivity contribution >= 4 is 0 Å². The minimum Gasteiger partial charge on any atom is -0.313 e. The zero-order chi connectivity index (χ0) is 13.1. The van der Waals surface area contributed by atoms with Crippen LogP contribution < -0.4 is 5.32 Å². The molecule has 0 aromatic heterocycles. The van der Waals surface area contributed by atoms with E-state index in [1.807, 2.05) is 32.2 Å². The maximum absolute atomic E-state index is 14.3. The summed E-state index contributed by atoms with van der Waals surface area (Å²) in [7, 11) is 1.95. The Labute approximate surface area is 110 Å². The molecule has 0 saturated heterocycles. The van der Waals surface area contributed by atoms with Crippen molar-refractivity contribution in [2.75, 3.05) is 7.05 Å². The highest BCUT2D eigenvalue weighted by Gasteiger charge is 2.28. The second kappa shape index (κ2) is 5.83. The van der Waals surface area contributed by atoms with Crippen molar-refractivity contribution in [3.05, 3.63) is 35.1 Å². The summed E-state index contributed by atoms with van der Waals surface area (Å²) >= 11 is 0. The Morgan fingerprint density at radius 1 is 1.33 bits per heavy atom. The highest BCUT2D eigenvalue weighted by atomic mass is 19.1. The van der Waals surface area contributed by atoms with Crippen molar-refractivity contribution in [2.24, 2.45) is 11.8 Å². The van der Waals surface area contributed by atoms with Crippen LogP contribution in [0.5, 0.6) is 0 Å². The van der Waals surface area contributed by atoms with Crippen molar-refractivity contribution in [1.82, 2.24) is 5.32 Å². The van der Waals surface area contributed by atoms with Gasteiger partial charge in [0.25, 0.3) is 0 Å². The molecule has 18 heavy (non-hydrogen) atoms. The lowest BCUT2D eigenvalue weighted by Crippen LogP contribution is -2.29. The molecule has 2 heteroatoms. The monoisotopic (exact) mass is 249 g/mol. The van der Waals surface area contributed by atoms with Crippen molar-refractivity contribution in [3.63, 3.8) is 0 Å². The molecule has 1 aromatic rings. The normalized spacial score (nSPS) is 26.0. The summed E-state index contributed by atoms with van der Waals surface area (Å²) in [6, 6.07) is 5.90. The van der Waals surface area contributed by atoms with E-state index < -0.39 is 0 Å². The number of halogens is 1. The lowest BCUT2D eigenvalue weighted by molar-refractivity contribution is 0.227. The zero-order valence-electron chi connectivity index (χ0n) is 11.7. The van der Waals surface area contributed by atoms with Gasteiger partial charge in [0.15, 0.2) is 0 Å². The van der Waals surface area contributed by atoms with Gasteiger partial charge in [0, 0.05) is 11.6 Å². The van der Waals surface area contributed by atoms with Gasteiger partial charge in [-0.05, 0) is 44.2 Å². The minimum absolute atomic E-state index is 0.0323. The van der Waals surface area contributed by atoms with Crippen LogP contribution in [0.15, 0.2) is 18.2 Å². The summed E-state index contributed by atoms with van der Waals surface area (Å²) in [5, 5.41) is 3.34. The average molecular weight is 249 g/mol. The van der Waals surface area contributed by atoms with Crippen LogP contribution in [-0.4, -0.2) is 7.05 Å². The number of hydrogen-bond acceptors (Lipinski definition) is 1. The summed E-state index contributed by atoms with van der Waals surface area (Å²) in [6.07, 6.45) is 5.02. The van der Waals surface area contributed by atoms with Gasteiger partial charge in [-0.25, -0.2) is 4.39 Å². The summed E-state index contributed by atoms with van der Waals surface area (Å²) < 4.78 is 14.3. The first-order chi connectivity index (χ1) is 8.63. The molecule has 1 fully saturated rings. The molecule has 1 aliphatic carbocycles. The molecule has 0 heterocycles. The molecule has 1 N–H and O–H groups in total. The van der Waals surface area contributed by atoms with Gasteiger partial charge >= 0.3 is 0 Å². The van der Waals surface area contributed by atoms with Gasteiger partial charge < -0.3 is 5.32 Å². The number of hydrogen-bond donors (Lipinski definition) is 1. The van der Waals surface area contributed by atoms with Crippen LogP contribution in [0.4, 0.5) is 4.39 Å². The number of benzene rings is 1. The molecule has 2 rings (SSSR count). The van der Waals surface area contributed by atoms with E-state index >= 15 is 0 Å². The fraction of sp³-hybridized carbons (Fsp3) is 0.625. The quantitative estimate of drug-likeness (QED) is 0.845. The molecule has 0 bridgehead atoms. The van der Waals surface area contributed by atoms with Gasteiger partial charge in [-0.3, -0.25) is 0 Å². The SMILES string of the molecule is CNC(c1cccc(C)c1F)C1CCCC(C)C1. The van der Waals surface area contributed by atoms with Gasteiger partial charge in [-0.2, -0.15) is 0 Å². The fourth-order valence-electron chi connectivity index (χ4n) is 3.34. The summed E-state index contributed by atoms with van der Waals surface area (Å²) in [5.41, 5.74) is 1.59. The second-order valence-electron chi connectivity index (χ2n) is 5.78. The smallest absolute Gasteiger partial charge is 0.130 e. The van der Waals surface area contributed by atoms with E-state index in [9.17, 15) is 4.39 Å². The Balaban J connectivity index is 2.24. The van der Waals surface area contributed by atoms with Crippen LogP contribution in [0.2, 0.25) is 0 Å². The standard InChI is InChI=1S/C16H24FN/c1-11-6-4-8-13(10-11)16(18-3)14-9-5-7-12(2)15(14)17/h5,7,9,11,13,16,18H,4,6,8,10H2,1-3H3. The second-order valence-corrected chi connectivity index (χ2v) is 5.78. The number of nitrogens with one attached hydrogen (secondary N) is 1. The molecular formula is C16H24FN. The van der Waals surface area contributed by atoms with E-state index in [1.54, 1.807) is 0 Å². The third-order valence-electron chi connectivity index (χ3n) is 4.32. The molecule has 0 amide bonds. The van der Waals surface area contributed by atoms with Crippen molar-refractivity contribution < 1.29 is 4.39 Å². The van der Waals surface area contributed by atoms with Crippen molar-refractivity contribution in [1.29, 1.82) is 0 Å². The van der Waals surface area contributed by atoms with Crippen LogP contribution in [0, 0.1) is 24.6 Å². The summed E-state index contributed by atoms with van der Waals surface area (Å²) in [6.45, 7) is 4.15. The van der Waals surface area contributed by atoms with E-state index in [0.29, 0.717) is 5.92 Å². The molecule has 0 spiro atoms. The van der Waals surface area contributed by atoms with E-state index in [0.717, 1.165) is 17.0 Å². The van der Waals surface area contributed by atoms with Gasteiger partial charge in [0.1, 0.15) is 5.82 Å². The Morgan fingerprint density at radius 2 is 2.11 bits per heavy atom. The fourth-order valence-corrected chi connectivity index (χ4v) is 3.34. The maximum Gasteiger partial charge on any atom is 0.130 e. The molecule has 1 saturated carbocycles. The Kier molecular flexibility index (Phi) is 4.39. The molecule has 100 valence electrons. The van der Waals surface area contributed by atoms with Crippen molar-refractivity contribution in [3.8, 4) is 0 Å². The van der Waals surface area contributed by atoms with Crippen LogP contribution >= 0.6 is 0 Å². The first kappa shape index (κ1) is 13.5.